The van der Waals surface area contributed by atoms with Gasteiger partial charge in [-0.15, -0.1) is 0 Å². The number of hydrogen-bond acceptors (Lipinski definition) is 3. The topological polar surface area (TPSA) is 41.4 Å². The number of carbonyl (C=O) groups excluding carboxylic acids is 1. The standard InChI is InChI=1S/C20H23FN4O/c1-14-12-15(14)19(26)23-10-6-20(13-23)17-5-3-9-24(17)18-16(4-2-8-22-18)25(20)11-7-21/h2-5,8-9,14-15H,6-7,10-13H2,1H3/t14-,15+,20-/m1/s1. The average Bonchev–Trinajstić information content (AvgIpc) is 3.05. The summed E-state index contributed by atoms with van der Waals surface area (Å²) in [5, 5.41) is 0. The van der Waals surface area contributed by atoms with E-state index in [9.17, 15) is 9.18 Å². The molecule has 1 spiro atoms. The van der Waals surface area contributed by atoms with Gasteiger partial charge in [-0.05, 0) is 43.0 Å². The van der Waals surface area contributed by atoms with Gasteiger partial charge in [-0.1, -0.05) is 6.92 Å². The Bertz CT molecular complexity index is 865. The fourth-order valence-electron chi connectivity index (χ4n) is 4.83. The normalized spacial score (nSPS) is 29.0. The molecule has 1 saturated carbocycles. The monoisotopic (exact) mass is 354 g/mol. The molecule has 1 aliphatic carbocycles. The zero-order valence-corrected chi connectivity index (χ0v) is 14.9. The van der Waals surface area contributed by atoms with Crippen molar-refractivity contribution in [2.45, 2.75) is 25.3 Å². The molecule has 136 valence electrons. The minimum Gasteiger partial charge on any atom is -0.353 e. The number of amides is 1. The number of carbonyl (C=O) groups is 1. The third-order valence-corrected chi connectivity index (χ3v) is 6.32. The lowest BCUT2D eigenvalue weighted by molar-refractivity contribution is -0.132. The van der Waals surface area contributed by atoms with E-state index in [1.165, 1.54) is 0 Å². The second-order valence-corrected chi connectivity index (χ2v) is 7.81. The zero-order valence-electron chi connectivity index (χ0n) is 14.9. The Kier molecular flexibility index (Phi) is 3.39. The highest BCUT2D eigenvalue weighted by atomic mass is 19.1. The van der Waals surface area contributed by atoms with Crippen LogP contribution in [0.5, 0.6) is 0 Å². The molecule has 0 unspecified atom stereocenters. The predicted molar refractivity (Wildman–Crippen MR) is 97.0 cm³/mol. The lowest BCUT2D eigenvalue weighted by Gasteiger charge is -2.46. The van der Waals surface area contributed by atoms with Crippen LogP contribution in [0.15, 0.2) is 36.7 Å². The number of rotatable bonds is 3. The minimum absolute atomic E-state index is 0.184. The molecule has 3 atom stereocenters. The van der Waals surface area contributed by atoms with Crippen LogP contribution in [0, 0.1) is 11.8 Å². The van der Waals surface area contributed by atoms with Gasteiger partial charge in [0, 0.05) is 37.9 Å². The molecule has 2 fully saturated rings. The summed E-state index contributed by atoms with van der Waals surface area (Å²) in [6, 6.07) is 8.02. The fraction of sp³-hybridized carbons (Fsp3) is 0.500. The Morgan fingerprint density at radius 2 is 2.23 bits per heavy atom. The number of anilines is 1. The van der Waals surface area contributed by atoms with Crippen LogP contribution in [0.4, 0.5) is 10.1 Å². The number of halogens is 1. The molecule has 0 bridgehead atoms. The summed E-state index contributed by atoms with van der Waals surface area (Å²) in [5.74, 6) is 1.79. The summed E-state index contributed by atoms with van der Waals surface area (Å²) in [6.07, 6.45) is 5.61. The fourth-order valence-corrected chi connectivity index (χ4v) is 4.83. The molecule has 2 aromatic rings. The van der Waals surface area contributed by atoms with Crippen LogP contribution in [0.3, 0.4) is 0 Å². The van der Waals surface area contributed by atoms with Gasteiger partial charge in [0.15, 0.2) is 5.82 Å². The molecular formula is C20H23FN4O. The molecule has 5 rings (SSSR count). The predicted octanol–water partition coefficient (Wildman–Crippen LogP) is 2.75. The third-order valence-electron chi connectivity index (χ3n) is 6.32. The van der Waals surface area contributed by atoms with Crippen LogP contribution in [0.2, 0.25) is 0 Å². The number of fused-ring (bicyclic) bond motifs is 4. The Morgan fingerprint density at radius 3 is 3.00 bits per heavy atom. The van der Waals surface area contributed by atoms with Crippen LogP contribution in [-0.2, 0) is 10.3 Å². The number of alkyl halides is 1. The summed E-state index contributed by atoms with van der Waals surface area (Å²) >= 11 is 0. The first-order valence-corrected chi connectivity index (χ1v) is 9.41. The highest BCUT2D eigenvalue weighted by molar-refractivity contribution is 5.82. The van der Waals surface area contributed by atoms with Gasteiger partial charge < -0.3 is 14.4 Å². The molecule has 0 radical (unpaired) electrons. The van der Waals surface area contributed by atoms with E-state index in [0.29, 0.717) is 19.0 Å². The van der Waals surface area contributed by atoms with Crippen molar-refractivity contribution in [1.82, 2.24) is 14.5 Å². The molecule has 0 aromatic carbocycles. The van der Waals surface area contributed by atoms with E-state index in [4.69, 9.17) is 0 Å². The number of aromatic nitrogens is 2. The van der Waals surface area contributed by atoms with Gasteiger partial charge in [0.2, 0.25) is 5.91 Å². The first kappa shape index (κ1) is 15.9. The molecule has 26 heavy (non-hydrogen) atoms. The second-order valence-electron chi connectivity index (χ2n) is 7.81. The molecule has 2 aromatic heterocycles. The smallest absolute Gasteiger partial charge is 0.226 e. The van der Waals surface area contributed by atoms with Crippen LogP contribution < -0.4 is 4.90 Å². The Morgan fingerprint density at radius 1 is 1.38 bits per heavy atom. The number of hydrogen-bond donors (Lipinski definition) is 0. The summed E-state index contributed by atoms with van der Waals surface area (Å²) in [6.45, 7) is 3.37. The maximum atomic E-state index is 13.5. The lowest BCUT2D eigenvalue weighted by Crippen LogP contribution is -2.53. The summed E-state index contributed by atoms with van der Waals surface area (Å²) in [4.78, 5) is 21.5. The maximum Gasteiger partial charge on any atom is 0.226 e. The first-order valence-electron chi connectivity index (χ1n) is 9.41. The molecule has 0 N–H and O–H groups in total. The van der Waals surface area contributed by atoms with E-state index >= 15 is 0 Å². The van der Waals surface area contributed by atoms with Crippen LogP contribution in [0.1, 0.15) is 25.5 Å². The number of nitrogens with zero attached hydrogens (tertiary/aromatic N) is 4. The van der Waals surface area contributed by atoms with E-state index in [-0.39, 0.29) is 17.4 Å². The summed E-state index contributed by atoms with van der Waals surface area (Å²) in [7, 11) is 0. The largest absolute Gasteiger partial charge is 0.353 e. The van der Waals surface area contributed by atoms with Gasteiger partial charge >= 0.3 is 0 Å². The third kappa shape index (κ3) is 2.07. The van der Waals surface area contributed by atoms with Crippen molar-refractivity contribution < 1.29 is 9.18 Å². The van der Waals surface area contributed by atoms with Gasteiger partial charge in [0.05, 0.1) is 11.4 Å². The van der Waals surface area contributed by atoms with Gasteiger partial charge in [0.1, 0.15) is 12.2 Å². The molecule has 3 aliphatic rings. The summed E-state index contributed by atoms with van der Waals surface area (Å²) in [5.41, 5.74) is 1.68. The van der Waals surface area contributed by atoms with Crippen molar-refractivity contribution in [3.8, 4) is 5.82 Å². The molecule has 4 heterocycles. The molecular weight excluding hydrogens is 331 g/mol. The molecule has 1 saturated heterocycles. The molecule has 6 heteroatoms. The van der Waals surface area contributed by atoms with Crippen LogP contribution in [0.25, 0.3) is 5.82 Å². The molecule has 1 amide bonds. The average molecular weight is 354 g/mol. The second kappa shape index (κ2) is 5.56. The minimum atomic E-state index is -0.426. The highest BCUT2D eigenvalue weighted by Gasteiger charge is 2.52. The lowest BCUT2D eigenvalue weighted by atomic mass is 9.89. The van der Waals surface area contributed by atoms with E-state index in [1.807, 2.05) is 29.3 Å². The van der Waals surface area contributed by atoms with Gasteiger partial charge in [-0.3, -0.25) is 4.79 Å². The number of likely N-dealkylation sites (tertiary alicyclic amines) is 1. The maximum absolute atomic E-state index is 13.5. The van der Waals surface area contributed by atoms with E-state index in [0.717, 1.165) is 36.6 Å². The van der Waals surface area contributed by atoms with E-state index in [2.05, 4.69) is 27.4 Å². The van der Waals surface area contributed by atoms with Gasteiger partial charge in [-0.2, -0.15) is 0 Å². The quantitative estimate of drug-likeness (QED) is 0.851. The van der Waals surface area contributed by atoms with Crippen molar-refractivity contribution in [1.29, 1.82) is 0 Å². The first-order chi connectivity index (χ1) is 12.7. The number of pyridine rings is 1. The van der Waals surface area contributed by atoms with Crippen LogP contribution >= 0.6 is 0 Å². The van der Waals surface area contributed by atoms with Crippen molar-refractivity contribution in [2.24, 2.45) is 11.8 Å². The van der Waals surface area contributed by atoms with E-state index in [1.54, 1.807) is 6.20 Å². The van der Waals surface area contributed by atoms with Crippen molar-refractivity contribution in [3.63, 3.8) is 0 Å². The van der Waals surface area contributed by atoms with E-state index < -0.39 is 6.67 Å². The molecule has 2 aliphatic heterocycles. The Balaban J connectivity index is 1.58. The highest BCUT2D eigenvalue weighted by Crippen LogP contribution is 2.48. The summed E-state index contributed by atoms with van der Waals surface area (Å²) < 4.78 is 15.6. The van der Waals surface area contributed by atoms with Crippen molar-refractivity contribution >= 4 is 11.6 Å². The van der Waals surface area contributed by atoms with Gasteiger partial charge in [-0.25, -0.2) is 9.37 Å². The van der Waals surface area contributed by atoms with Crippen molar-refractivity contribution in [2.75, 3.05) is 31.2 Å². The Hall–Kier alpha value is -2.37. The zero-order chi connectivity index (χ0) is 17.9. The SMILES string of the molecule is C[C@@H]1C[C@@H]1C(=O)N1CC[C@@]2(C1)c1cccn1-c1ncccc1N2CCF. The molecule has 5 nitrogen and oxygen atoms in total. The van der Waals surface area contributed by atoms with Crippen LogP contribution in [-0.4, -0.2) is 46.7 Å². The Labute approximate surface area is 152 Å². The van der Waals surface area contributed by atoms with Crippen molar-refractivity contribution in [3.05, 3.63) is 42.4 Å². The van der Waals surface area contributed by atoms with Gasteiger partial charge in [0.25, 0.3) is 0 Å².